The molecule has 2 saturated heterocycles. The smallest absolute Gasteiger partial charge is 0.289 e. The lowest BCUT2D eigenvalue weighted by Gasteiger charge is -2.39. The highest BCUT2D eigenvalue weighted by molar-refractivity contribution is 6.01. The van der Waals surface area contributed by atoms with Gasteiger partial charge in [-0.1, -0.05) is 0 Å². The Morgan fingerprint density at radius 2 is 1.85 bits per heavy atom. The molecule has 2 aliphatic heterocycles. The van der Waals surface area contributed by atoms with Crippen molar-refractivity contribution in [2.45, 2.75) is 24.8 Å². The maximum Gasteiger partial charge on any atom is 0.289 e. The topological polar surface area (TPSA) is 145 Å². The second-order valence-electron chi connectivity index (χ2n) is 7.97. The SMILES string of the molecule is N#Cc1ccc(C(=N)OC(N)=NC2CN(c3cc(F)c(C4CCC(=O)NC4=O)c(F)c3)C2)cc1. The minimum atomic E-state index is -1.05. The summed E-state index contributed by atoms with van der Waals surface area (Å²) in [5, 5.41) is 18.9. The van der Waals surface area contributed by atoms with Crippen molar-refractivity contribution >= 4 is 29.4 Å². The van der Waals surface area contributed by atoms with E-state index >= 15 is 0 Å². The fraction of sp³-hybridized carbons (Fsp3) is 0.261. The number of piperidine rings is 1. The van der Waals surface area contributed by atoms with E-state index in [-0.39, 0.29) is 36.4 Å². The number of aliphatic imine (C=N–C) groups is 1. The number of nitriles is 1. The minimum absolute atomic E-state index is 0.0228. The number of rotatable bonds is 4. The first-order valence-corrected chi connectivity index (χ1v) is 10.4. The Labute approximate surface area is 193 Å². The average Bonchev–Trinajstić information content (AvgIpc) is 2.76. The van der Waals surface area contributed by atoms with Gasteiger partial charge in [0.2, 0.25) is 17.7 Å². The molecule has 2 amide bonds. The summed E-state index contributed by atoms with van der Waals surface area (Å²) in [4.78, 5) is 29.2. The molecule has 2 aliphatic rings. The second kappa shape index (κ2) is 9.27. The van der Waals surface area contributed by atoms with E-state index in [2.05, 4.69) is 10.3 Å². The third-order valence-electron chi connectivity index (χ3n) is 5.67. The largest absolute Gasteiger partial charge is 0.407 e. The fourth-order valence-corrected chi connectivity index (χ4v) is 3.87. The number of anilines is 1. The van der Waals surface area contributed by atoms with Gasteiger partial charge in [-0.3, -0.25) is 20.3 Å². The van der Waals surface area contributed by atoms with Crippen LogP contribution < -0.4 is 16.0 Å². The van der Waals surface area contributed by atoms with Crippen LogP contribution in [0.4, 0.5) is 14.5 Å². The van der Waals surface area contributed by atoms with Gasteiger partial charge >= 0.3 is 0 Å². The molecule has 174 valence electrons. The van der Waals surface area contributed by atoms with E-state index in [0.717, 1.165) is 12.1 Å². The number of nitrogens with two attached hydrogens (primary N) is 1. The first kappa shape index (κ1) is 22.8. The molecule has 4 rings (SSSR count). The van der Waals surface area contributed by atoms with Crippen molar-refractivity contribution in [3.05, 3.63) is 64.7 Å². The number of imide groups is 1. The van der Waals surface area contributed by atoms with E-state index in [1.54, 1.807) is 29.2 Å². The van der Waals surface area contributed by atoms with E-state index < -0.39 is 29.4 Å². The number of amides is 2. The lowest BCUT2D eigenvalue weighted by molar-refractivity contribution is -0.134. The molecule has 2 aromatic carbocycles. The molecule has 0 aromatic heterocycles. The summed E-state index contributed by atoms with van der Waals surface area (Å²) in [5.74, 6) is -4.15. The summed E-state index contributed by atoms with van der Waals surface area (Å²) in [5.41, 5.74) is 6.59. The quantitative estimate of drug-likeness (QED) is 0.357. The van der Waals surface area contributed by atoms with E-state index in [1.807, 2.05) is 6.07 Å². The van der Waals surface area contributed by atoms with Crippen molar-refractivity contribution in [3.63, 3.8) is 0 Å². The van der Waals surface area contributed by atoms with Crippen LogP contribution in [-0.4, -0.2) is 42.9 Å². The maximum absolute atomic E-state index is 14.7. The molecule has 9 nitrogen and oxygen atoms in total. The Morgan fingerprint density at radius 1 is 1.21 bits per heavy atom. The van der Waals surface area contributed by atoms with Gasteiger partial charge in [0.1, 0.15) is 11.6 Å². The summed E-state index contributed by atoms with van der Waals surface area (Å²) < 4.78 is 34.6. The molecule has 1 atom stereocenters. The molecule has 11 heteroatoms. The van der Waals surface area contributed by atoms with Crippen LogP contribution in [0, 0.1) is 28.4 Å². The van der Waals surface area contributed by atoms with Crippen LogP contribution in [0.1, 0.15) is 35.4 Å². The first-order chi connectivity index (χ1) is 16.2. The second-order valence-corrected chi connectivity index (χ2v) is 7.97. The predicted octanol–water partition coefficient (Wildman–Crippen LogP) is 1.90. The van der Waals surface area contributed by atoms with E-state index in [9.17, 15) is 18.4 Å². The number of carbonyl (C=O) groups is 2. The molecule has 0 spiro atoms. The van der Waals surface area contributed by atoms with Gasteiger partial charge in [0.05, 0.1) is 23.6 Å². The van der Waals surface area contributed by atoms with Gasteiger partial charge in [-0.15, -0.1) is 0 Å². The van der Waals surface area contributed by atoms with Crippen LogP contribution in [-0.2, 0) is 14.3 Å². The molecule has 34 heavy (non-hydrogen) atoms. The standard InChI is InChI=1S/C23H20F2N6O3/c24-17-7-15(8-18(25)20(17)16-5-6-19(32)30-22(16)33)31-10-14(11-31)29-23(28)34-21(27)13-3-1-12(9-26)2-4-13/h1-4,7-8,14,16,27H,5-6,10-11H2,(H2,28,29)(H,30,32,33). The average molecular weight is 466 g/mol. The summed E-state index contributed by atoms with van der Waals surface area (Å²) >= 11 is 0. The van der Waals surface area contributed by atoms with Crippen molar-refractivity contribution in [2.24, 2.45) is 10.7 Å². The van der Waals surface area contributed by atoms with Crippen LogP contribution in [0.2, 0.25) is 0 Å². The lowest BCUT2D eigenvalue weighted by atomic mass is 9.89. The Bertz CT molecular complexity index is 1210. The molecule has 2 fully saturated rings. The normalized spacial score (nSPS) is 18.7. The molecule has 2 heterocycles. The van der Waals surface area contributed by atoms with Crippen LogP contribution in [0.5, 0.6) is 0 Å². The number of benzene rings is 2. The molecule has 0 bridgehead atoms. The number of ether oxygens (including phenoxy) is 1. The Balaban J connectivity index is 1.36. The molecule has 0 aliphatic carbocycles. The van der Waals surface area contributed by atoms with Gasteiger partial charge in [0, 0.05) is 36.3 Å². The van der Waals surface area contributed by atoms with Gasteiger partial charge in [0.15, 0.2) is 0 Å². The van der Waals surface area contributed by atoms with E-state index in [1.165, 1.54) is 0 Å². The van der Waals surface area contributed by atoms with Crippen LogP contribution in [0.15, 0.2) is 41.4 Å². The fourth-order valence-electron chi connectivity index (χ4n) is 3.87. The minimum Gasteiger partial charge on any atom is -0.407 e. The third-order valence-corrected chi connectivity index (χ3v) is 5.67. The van der Waals surface area contributed by atoms with Crippen molar-refractivity contribution in [1.29, 1.82) is 10.7 Å². The van der Waals surface area contributed by atoms with Crippen LogP contribution in [0.3, 0.4) is 0 Å². The number of nitrogens with zero attached hydrogens (tertiary/aromatic N) is 3. The van der Waals surface area contributed by atoms with Crippen molar-refractivity contribution in [1.82, 2.24) is 5.32 Å². The van der Waals surface area contributed by atoms with E-state index in [0.29, 0.717) is 29.9 Å². The van der Waals surface area contributed by atoms with Crippen LogP contribution >= 0.6 is 0 Å². The number of amidine groups is 1. The first-order valence-electron chi connectivity index (χ1n) is 10.4. The zero-order valence-electron chi connectivity index (χ0n) is 17.8. The zero-order chi connectivity index (χ0) is 24.4. The number of hydrogen-bond donors (Lipinski definition) is 3. The molecular weight excluding hydrogens is 446 g/mol. The maximum atomic E-state index is 14.7. The highest BCUT2D eigenvalue weighted by Gasteiger charge is 2.34. The molecule has 2 aromatic rings. The van der Waals surface area contributed by atoms with E-state index in [4.69, 9.17) is 21.1 Å². The molecular formula is C23H20F2N6O3. The van der Waals surface area contributed by atoms with Crippen LogP contribution in [0.25, 0.3) is 0 Å². The Hall–Kier alpha value is -4.33. The number of halogens is 2. The summed E-state index contributed by atoms with van der Waals surface area (Å²) in [7, 11) is 0. The third kappa shape index (κ3) is 4.71. The number of nitrogens with one attached hydrogen (secondary N) is 2. The van der Waals surface area contributed by atoms with Crippen molar-refractivity contribution in [2.75, 3.05) is 18.0 Å². The zero-order valence-corrected chi connectivity index (χ0v) is 17.8. The molecule has 0 radical (unpaired) electrons. The Morgan fingerprint density at radius 3 is 2.44 bits per heavy atom. The van der Waals surface area contributed by atoms with Gasteiger partial charge in [-0.2, -0.15) is 5.26 Å². The highest BCUT2D eigenvalue weighted by atomic mass is 19.1. The predicted molar refractivity (Wildman–Crippen MR) is 118 cm³/mol. The highest BCUT2D eigenvalue weighted by Crippen LogP contribution is 2.33. The van der Waals surface area contributed by atoms with Gasteiger partial charge in [0.25, 0.3) is 6.02 Å². The number of carbonyl (C=O) groups excluding carboxylic acids is 2. The van der Waals surface area contributed by atoms with Gasteiger partial charge < -0.3 is 15.4 Å². The summed E-state index contributed by atoms with van der Waals surface area (Å²) in [6.07, 6.45) is 0.0735. The Kier molecular flexibility index (Phi) is 6.23. The van der Waals surface area contributed by atoms with Gasteiger partial charge in [-0.05, 0) is 42.8 Å². The van der Waals surface area contributed by atoms with Gasteiger partial charge in [-0.25, -0.2) is 13.8 Å². The summed E-state index contributed by atoms with van der Waals surface area (Å²) in [6.45, 7) is 0.649. The lowest BCUT2D eigenvalue weighted by Crippen LogP contribution is -2.51. The van der Waals surface area contributed by atoms with Crippen molar-refractivity contribution < 1.29 is 23.1 Å². The monoisotopic (exact) mass is 466 g/mol. The molecule has 4 N–H and O–H groups in total. The summed E-state index contributed by atoms with van der Waals surface area (Å²) in [6, 6.07) is 9.99. The number of hydrogen-bond acceptors (Lipinski definition) is 7. The molecule has 1 unspecified atom stereocenters. The van der Waals surface area contributed by atoms with Crippen molar-refractivity contribution in [3.8, 4) is 6.07 Å². The molecule has 0 saturated carbocycles.